The second-order valence-electron chi connectivity index (χ2n) is 5.40. The third-order valence-corrected chi connectivity index (χ3v) is 4.40. The van der Waals surface area contributed by atoms with Gasteiger partial charge < -0.3 is 10.0 Å². The molecule has 21 heavy (non-hydrogen) atoms. The molecule has 1 aromatic carbocycles. The summed E-state index contributed by atoms with van der Waals surface area (Å²) in [5.41, 5.74) is 1.26. The number of carbonyl (C=O) groups is 2. The minimum absolute atomic E-state index is 0.0534. The number of amides is 1. The van der Waals surface area contributed by atoms with Crippen LogP contribution in [0.4, 0.5) is 0 Å². The standard InChI is InChI=1S/C16H21NO3S/c18-15(17(11-16(19)20)10-14-6-7-14)12-21-9-8-13-4-2-1-3-5-13/h1-5,14H,6-12H2,(H,19,20). The molecule has 1 fully saturated rings. The minimum atomic E-state index is -0.932. The Balaban J connectivity index is 1.69. The van der Waals surface area contributed by atoms with Crippen molar-refractivity contribution in [1.29, 1.82) is 0 Å². The molecule has 114 valence electrons. The molecule has 0 atom stereocenters. The highest BCUT2D eigenvalue weighted by atomic mass is 32.2. The molecule has 1 aromatic rings. The lowest BCUT2D eigenvalue weighted by molar-refractivity contribution is -0.143. The van der Waals surface area contributed by atoms with E-state index in [2.05, 4.69) is 12.1 Å². The smallest absolute Gasteiger partial charge is 0.323 e. The van der Waals surface area contributed by atoms with Crippen molar-refractivity contribution < 1.29 is 14.7 Å². The lowest BCUT2D eigenvalue weighted by atomic mass is 10.2. The van der Waals surface area contributed by atoms with Crippen molar-refractivity contribution >= 4 is 23.6 Å². The van der Waals surface area contributed by atoms with E-state index >= 15 is 0 Å². The van der Waals surface area contributed by atoms with Gasteiger partial charge in [-0.25, -0.2) is 0 Å². The number of carboxylic acid groups (broad SMARTS) is 1. The maximum Gasteiger partial charge on any atom is 0.323 e. The van der Waals surface area contributed by atoms with E-state index < -0.39 is 5.97 Å². The van der Waals surface area contributed by atoms with Gasteiger partial charge in [-0.1, -0.05) is 30.3 Å². The van der Waals surface area contributed by atoms with Gasteiger partial charge in [0.2, 0.25) is 5.91 Å². The molecule has 2 rings (SSSR count). The maximum absolute atomic E-state index is 12.1. The summed E-state index contributed by atoms with van der Waals surface area (Å²) in [7, 11) is 0. The van der Waals surface area contributed by atoms with E-state index in [0.717, 1.165) is 25.0 Å². The SMILES string of the molecule is O=C(O)CN(CC1CC1)C(=O)CSCCc1ccccc1. The Morgan fingerprint density at radius 3 is 2.57 bits per heavy atom. The van der Waals surface area contributed by atoms with E-state index in [1.54, 1.807) is 11.8 Å². The fourth-order valence-corrected chi connectivity index (χ4v) is 3.00. The first kappa shape index (κ1) is 15.9. The normalized spacial score (nSPS) is 13.9. The van der Waals surface area contributed by atoms with Crippen molar-refractivity contribution in [3.63, 3.8) is 0 Å². The van der Waals surface area contributed by atoms with Gasteiger partial charge in [-0.2, -0.15) is 11.8 Å². The van der Waals surface area contributed by atoms with E-state index in [9.17, 15) is 9.59 Å². The highest BCUT2D eigenvalue weighted by molar-refractivity contribution is 7.99. The fraction of sp³-hybridized carbons (Fsp3) is 0.500. The average molecular weight is 307 g/mol. The predicted octanol–water partition coefficient (Wildman–Crippen LogP) is 2.29. The molecular formula is C16H21NO3S. The number of hydrogen-bond donors (Lipinski definition) is 1. The van der Waals surface area contributed by atoms with E-state index in [1.165, 1.54) is 10.5 Å². The first-order valence-corrected chi connectivity index (χ1v) is 8.42. The molecule has 4 nitrogen and oxygen atoms in total. The molecule has 0 spiro atoms. The molecule has 0 heterocycles. The molecule has 1 saturated carbocycles. The van der Waals surface area contributed by atoms with Crippen molar-refractivity contribution in [2.24, 2.45) is 5.92 Å². The quantitative estimate of drug-likeness (QED) is 0.711. The second-order valence-corrected chi connectivity index (χ2v) is 6.50. The van der Waals surface area contributed by atoms with Crippen LogP contribution in [0.2, 0.25) is 0 Å². The zero-order valence-corrected chi connectivity index (χ0v) is 12.8. The summed E-state index contributed by atoms with van der Waals surface area (Å²) in [6.07, 6.45) is 3.16. The first-order valence-electron chi connectivity index (χ1n) is 7.26. The van der Waals surface area contributed by atoms with Crippen LogP contribution in [0.3, 0.4) is 0 Å². The van der Waals surface area contributed by atoms with E-state index in [1.807, 2.05) is 18.2 Å². The molecular weight excluding hydrogens is 286 g/mol. The Morgan fingerprint density at radius 2 is 1.95 bits per heavy atom. The third kappa shape index (κ3) is 6.21. The van der Waals surface area contributed by atoms with Crippen LogP contribution in [-0.2, 0) is 16.0 Å². The summed E-state index contributed by atoms with van der Waals surface area (Å²) < 4.78 is 0. The Labute approximate surface area is 129 Å². The molecule has 5 heteroatoms. The van der Waals surface area contributed by atoms with Crippen molar-refractivity contribution in [3.8, 4) is 0 Å². The summed E-state index contributed by atoms with van der Waals surface area (Å²) >= 11 is 1.57. The Bertz CT molecular complexity index is 474. The number of rotatable bonds is 9. The number of benzene rings is 1. The number of aliphatic carboxylic acids is 1. The molecule has 0 radical (unpaired) electrons. The van der Waals surface area contributed by atoms with Crippen LogP contribution in [0.15, 0.2) is 30.3 Å². The molecule has 0 saturated heterocycles. The summed E-state index contributed by atoms with van der Waals surface area (Å²) in [4.78, 5) is 24.4. The number of aryl methyl sites for hydroxylation is 1. The van der Waals surface area contributed by atoms with Gasteiger partial charge >= 0.3 is 5.97 Å². The van der Waals surface area contributed by atoms with Crippen molar-refractivity contribution in [2.75, 3.05) is 24.6 Å². The van der Waals surface area contributed by atoms with Gasteiger partial charge in [0.05, 0.1) is 5.75 Å². The summed E-state index contributed by atoms with van der Waals surface area (Å²) in [6.45, 7) is 0.430. The van der Waals surface area contributed by atoms with Crippen molar-refractivity contribution in [3.05, 3.63) is 35.9 Å². The first-order chi connectivity index (χ1) is 10.1. The monoisotopic (exact) mass is 307 g/mol. The lowest BCUT2D eigenvalue weighted by Crippen LogP contribution is -2.38. The highest BCUT2D eigenvalue weighted by Gasteiger charge is 2.27. The van der Waals surface area contributed by atoms with Gasteiger partial charge in [0.15, 0.2) is 0 Å². The molecule has 0 aromatic heterocycles. The van der Waals surface area contributed by atoms with Gasteiger partial charge in [0.1, 0.15) is 6.54 Å². The summed E-state index contributed by atoms with van der Waals surface area (Å²) in [5.74, 6) is 0.774. The van der Waals surface area contributed by atoms with Crippen LogP contribution in [0.1, 0.15) is 18.4 Å². The summed E-state index contributed by atoms with van der Waals surface area (Å²) in [6, 6.07) is 10.2. The molecule has 0 unspecified atom stereocenters. The topological polar surface area (TPSA) is 57.6 Å². The van der Waals surface area contributed by atoms with Crippen molar-refractivity contribution in [2.45, 2.75) is 19.3 Å². The number of thioether (sulfide) groups is 1. The number of hydrogen-bond acceptors (Lipinski definition) is 3. The van der Waals surface area contributed by atoms with Gasteiger partial charge in [-0.3, -0.25) is 9.59 Å². The van der Waals surface area contributed by atoms with Gasteiger partial charge in [0.25, 0.3) is 0 Å². The molecule has 1 N–H and O–H groups in total. The van der Waals surface area contributed by atoms with Crippen LogP contribution < -0.4 is 0 Å². The number of nitrogens with zero attached hydrogens (tertiary/aromatic N) is 1. The fourth-order valence-electron chi connectivity index (χ4n) is 2.12. The van der Waals surface area contributed by atoms with Gasteiger partial charge in [-0.15, -0.1) is 0 Å². The largest absolute Gasteiger partial charge is 0.480 e. The second kappa shape index (κ2) is 8.08. The van der Waals surface area contributed by atoms with E-state index in [-0.39, 0.29) is 12.5 Å². The minimum Gasteiger partial charge on any atom is -0.480 e. The predicted molar refractivity (Wildman–Crippen MR) is 84.4 cm³/mol. The van der Waals surface area contributed by atoms with Gasteiger partial charge in [0, 0.05) is 6.54 Å². The lowest BCUT2D eigenvalue weighted by Gasteiger charge is -2.20. The molecule has 0 bridgehead atoms. The van der Waals surface area contributed by atoms with Crippen molar-refractivity contribution in [1.82, 2.24) is 4.90 Å². The highest BCUT2D eigenvalue weighted by Crippen LogP contribution is 2.29. The average Bonchev–Trinajstić information content (AvgIpc) is 3.27. The maximum atomic E-state index is 12.1. The van der Waals surface area contributed by atoms with E-state index in [4.69, 9.17) is 5.11 Å². The number of carboxylic acids is 1. The Hall–Kier alpha value is -1.49. The van der Waals surface area contributed by atoms with Crippen LogP contribution in [0.5, 0.6) is 0 Å². The van der Waals surface area contributed by atoms with Crippen LogP contribution in [-0.4, -0.2) is 46.5 Å². The third-order valence-electron chi connectivity index (χ3n) is 3.46. The van der Waals surface area contributed by atoms with Crippen LogP contribution in [0, 0.1) is 5.92 Å². The molecule has 1 amide bonds. The zero-order valence-electron chi connectivity index (χ0n) is 12.0. The Morgan fingerprint density at radius 1 is 1.24 bits per heavy atom. The van der Waals surface area contributed by atoms with Crippen LogP contribution >= 0.6 is 11.8 Å². The number of carbonyl (C=O) groups excluding carboxylic acids is 1. The zero-order chi connectivity index (χ0) is 15.1. The van der Waals surface area contributed by atoms with Gasteiger partial charge in [-0.05, 0) is 36.5 Å². The summed E-state index contributed by atoms with van der Waals surface area (Å²) in [5, 5.41) is 8.89. The Kier molecular flexibility index (Phi) is 6.11. The molecule has 0 aliphatic heterocycles. The molecule has 1 aliphatic rings. The van der Waals surface area contributed by atoms with Crippen LogP contribution in [0.25, 0.3) is 0 Å². The van der Waals surface area contributed by atoms with E-state index in [0.29, 0.717) is 18.2 Å². The molecule has 1 aliphatic carbocycles.